The van der Waals surface area contributed by atoms with Crippen LogP contribution < -0.4 is 11.0 Å². The van der Waals surface area contributed by atoms with Gasteiger partial charge in [-0.05, 0) is 18.1 Å². The molecule has 0 aliphatic carbocycles. The van der Waals surface area contributed by atoms with Crippen molar-refractivity contribution in [1.82, 2.24) is 19.5 Å². The second kappa shape index (κ2) is 6.08. The Morgan fingerprint density at radius 2 is 2.16 bits per heavy atom. The van der Waals surface area contributed by atoms with Crippen LogP contribution in [0.25, 0.3) is 0 Å². The molecule has 2 aromatic heterocycles. The first-order valence-corrected chi connectivity index (χ1v) is 6.22. The lowest BCUT2D eigenvalue weighted by molar-refractivity contribution is 0.665. The van der Waals surface area contributed by atoms with E-state index in [1.54, 1.807) is 6.20 Å². The molecular formula is C13H17N5O. The van der Waals surface area contributed by atoms with E-state index in [4.69, 9.17) is 0 Å². The van der Waals surface area contributed by atoms with Crippen LogP contribution in [0.4, 0.5) is 5.95 Å². The molecule has 0 amide bonds. The van der Waals surface area contributed by atoms with Gasteiger partial charge in [-0.15, -0.1) is 0 Å². The Hall–Kier alpha value is -2.24. The summed E-state index contributed by atoms with van der Waals surface area (Å²) < 4.78 is 1.43. The third kappa shape index (κ3) is 3.87. The minimum absolute atomic E-state index is 0.327. The van der Waals surface area contributed by atoms with Gasteiger partial charge in [0.25, 0.3) is 0 Å². The molecule has 0 radical (unpaired) electrons. The van der Waals surface area contributed by atoms with Crippen LogP contribution in [0.15, 0.2) is 35.5 Å². The molecule has 0 aromatic carbocycles. The zero-order chi connectivity index (χ0) is 13.7. The van der Waals surface area contributed by atoms with Crippen LogP contribution in [0.3, 0.4) is 0 Å². The maximum Gasteiger partial charge on any atom is 0.352 e. The normalized spacial score (nSPS) is 10.7. The van der Waals surface area contributed by atoms with Crippen LogP contribution in [-0.2, 0) is 6.54 Å². The predicted molar refractivity (Wildman–Crippen MR) is 73.0 cm³/mol. The molecule has 0 spiro atoms. The van der Waals surface area contributed by atoms with Crippen molar-refractivity contribution < 1.29 is 0 Å². The molecular weight excluding hydrogens is 242 g/mol. The highest BCUT2D eigenvalue weighted by molar-refractivity contribution is 5.20. The molecule has 0 atom stereocenters. The summed E-state index contributed by atoms with van der Waals surface area (Å²) in [7, 11) is 0. The summed E-state index contributed by atoms with van der Waals surface area (Å²) in [6, 6.07) is 5.58. The van der Waals surface area contributed by atoms with Crippen LogP contribution >= 0.6 is 0 Å². The largest absolute Gasteiger partial charge is 0.354 e. The maximum atomic E-state index is 11.8. The number of pyridine rings is 1. The fraction of sp³-hybridized carbons (Fsp3) is 0.385. The Kier molecular flexibility index (Phi) is 4.22. The summed E-state index contributed by atoms with van der Waals surface area (Å²) in [6.45, 7) is 5.28. The number of rotatable bonds is 5. The lowest BCUT2D eigenvalue weighted by Crippen LogP contribution is -2.26. The van der Waals surface area contributed by atoms with Gasteiger partial charge in [-0.3, -0.25) is 9.55 Å². The van der Waals surface area contributed by atoms with Gasteiger partial charge in [-0.25, -0.2) is 9.78 Å². The van der Waals surface area contributed by atoms with Crippen molar-refractivity contribution in [3.8, 4) is 0 Å². The highest BCUT2D eigenvalue weighted by Crippen LogP contribution is 1.98. The van der Waals surface area contributed by atoms with E-state index in [9.17, 15) is 4.79 Å². The third-order valence-corrected chi connectivity index (χ3v) is 2.49. The van der Waals surface area contributed by atoms with Gasteiger partial charge in [-0.1, -0.05) is 19.9 Å². The highest BCUT2D eigenvalue weighted by Gasteiger charge is 2.03. The summed E-state index contributed by atoms with van der Waals surface area (Å²) in [5, 5.41) is 3.02. The van der Waals surface area contributed by atoms with Crippen molar-refractivity contribution in [2.45, 2.75) is 20.4 Å². The Balaban J connectivity index is 2.09. The van der Waals surface area contributed by atoms with Crippen LogP contribution in [0.2, 0.25) is 0 Å². The first-order chi connectivity index (χ1) is 9.15. The molecule has 0 aliphatic heterocycles. The molecule has 19 heavy (non-hydrogen) atoms. The minimum atomic E-state index is -0.327. The van der Waals surface area contributed by atoms with Crippen LogP contribution in [0, 0.1) is 5.92 Å². The van der Waals surface area contributed by atoms with Crippen LogP contribution in [0.5, 0.6) is 0 Å². The molecule has 0 fully saturated rings. The first-order valence-electron chi connectivity index (χ1n) is 6.22. The van der Waals surface area contributed by atoms with Crippen LogP contribution in [0.1, 0.15) is 19.5 Å². The Labute approximate surface area is 111 Å². The Morgan fingerprint density at radius 1 is 1.32 bits per heavy atom. The van der Waals surface area contributed by atoms with E-state index in [1.807, 2.05) is 18.2 Å². The summed E-state index contributed by atoms with van der Waals surface area (Å²) in [6.07, 6.45) is 3.19. The zero-order valence-electron chi connectivity index (χ0n) is 11.1. The zero-order valence-corrected chi connectivity index (χ0v) is 11.1. The monoisotopic (exact) mass is 259 g/mol. The lowest BCUT2D eigenvalue weighted by Gasteiger charge is -2.08. The second-order valence-electron chi connectivity index (χ2n) is 4.69. The average molecular weight is 259 g/mol. The van der Waals surface area contributed by atoms with E-state index in [0.717, 1.165) is 12.2 Å². The summed E-state index contributed by atoms with van der Waals surface area (Å²) in [5.74, 6) is 0.843. The quantitative estimate of drug-likeness (QED) is 0.872. The molecule has 6 heteroatoms. The number of hydrogen-bond acceptors (Lipinski definition) is 5. The molecule has 1 N–H and O–H groups in total. The minimum Gasteiger partial charge on any atom is -0.354 e. The van der Waals surface area contributed by atoms with Crippen molar-refractivity contribution in [2.75, 3.05) is 11.9 Å². The van der Waals surface area contributed by atoms with E-state index in [-0.39, 0.29) is 5.69 Å². The first kappa shape index (κ1) is 13.2. The fourth-order valence-corrected chi connectivity index (χ4v) is 1.51. The molecule has 2 aromatic rings. The van der Waals surface area contributed by atoms with Crippen molar-refractivity contribution >= 4 is 5.95 Å². The van der Waals surface area contributed by atoms with Crippen molar-refractivity contribution in [3.63, 3.8) is 0 Å². The molecule has 0 saturated carbocycles. The Bertz CT molecular complexity index is 579. The van der Waals surface area contributed by atoms with E-state index in [0.29, 0.717) is 18.4 Å². The van der Waals surface area contributed by atoms with Gasteiger partial charge < -0.3 is 5.32 Å². The average Bonchev–Trinajstić information content (AvgIpc) is 2.40. The highest BCUT2D eigenvalue weighted by atomic mass is 16.1. The number of anilines is 1. The molecule has 0 bridgehead atoms. The van der Waals surface area contributed by atoms with Crippen LogP contribution in [-0.4, -0.2) is 26.1 Å². The number of aromatic nitrogens is 4. The van der Waals surface area contributed by atoms with E-state index in [2.05, 4.69) is 34.1 Å². The van der Waals surface area contributed by atoms with Gasteiger partial charge in [0, 0.05) is 12.7 Å². The van der Waals surface area contributed by atoms with E-state index >= 15 is 0 Å². The summed E-state index contributed by atoms with van der Waals surface area (Å²) in [4.78, 5) is 24.0. The predicted octanol–water partition coefficient (Wildman–Crippen LogP) is 1.15. The molecule has 100 valence electrons. The molecule has 6 nitrogen and oxygen atoms in total. The number of nitrogens with one attached hydrogen (secondary N) is 1. The van der Waals surface area contributed by atoms with Gasteiger partial charge in [-0.2, -0.15) is 4.98 Å². The van der Waals surface area contributed by atoms with E-state index < -0.39 is 0 Å². The third-order valence-electron chi connectivity index (χ3n) is 2.49. The van der Waals surface area contributed by atoms with Crippen molar-refractivity contribution in [2.24, 2.45) is 5.92 Å². The van der Waals surface area contributed by atoms with Gasteiger partial charge in [0.05, 0.1) is 12.2 Å². The topological polar surface area (TPSA) is 72.7 Å². The lowest BCUT2D eigenvalue weighted by atomic mass is 10.2. The summed E-state index contributed by atoms with van der Waals surface area (Å²) >= 11 is 0. The Morgan fingerprint density at radius 3 is 2.79 bits per heavy atom. The number of hydrogen-bond donors (Lipinski definition) is 1. The van der Waals surface area contributed by atoms with Gasteiger partial charge in [0.2, 0.25) is 5.95 Å². The molecule has 0 unspecified atom stereocenters. The SMILES string of the molecule is CC(C)CNc1ncn(Cc2ccccn2)c(=O)n1. The van der Waals surface area contributed by atoms with Gasteiger partial charge in [0.1, 0.15) is 6.33 Å². The smallest absolute Gasteiger partial charge is 0.352 e. The summed E-state index contributed by atoms with van der Waals surface area (Å²) in [5.41, 5.74) is 0.475. The molecule has 2 rings (SSSR count). The maximum absolute atomic E-state index is 11.8. The van der Waals surface area contributed by atoms with Gasteiger partial charge >= 0.3 is 5.69 Å². The van der Waals surface area contributed by atoms with Crippen molar-refractivity contribution in [1.29, 1.82) is 0 Å². The van der Waals surface area contributed by atoms with E-state index in [1.165, 1.54) is 10.9 Å². The fourth-order valence-electron chi connectivity index (χ4n) is 1.51. The second-order valence-corrected chi connectivity index (χ2v) is 4.69. The standard InChI is InChI=1S/C13H17N5O/c1-10(2)7-15-12-16-9-18(13(19)17-12)8-11-5-3-4-6-14-11/h3-6,9-10H,7-8H2,1-2H3,(H,15,17,19). The molecule has 2 heterocycles. The molecule has 0 aliphatic rings. The molecule has 0 saturated heterocycles. The van der Waals surface area contributed by atoms with Gasteiger partial charge in [0.15, 0.2) is 0 Å². The number of nitrogens with zero attached hydrogens (tertiary/aromatic N) is 4. The van der Waals surface area contributed by atoms with Crippen molar-refractivity contribution in [3.05, 3.63) is 46.9 Å².